The van der Waals surface area contributed by atoms with E-state index in [0.717, 1.165) is 6.26 Å². The SMILES string of the molecule is CNC(=O)c1ccc(NC(=O)c2cc(S(C)(=O)=O)ccc2C)cc1. The topological polar surface area (TPSA) is 92.3 Å². The van der Waals surface area contributed by atoms with Crippen molar-refractivity contribution in [2.45, 2.75) is 11.8 Å². The van der Waals surface area contributed by atoms with Crippen LogP contribution in [0.5, 0.6) is 0 Å². The van der Waals surface area contributed by atoms with Crippen molar-refractivity contribution in [3.05, 3.63) is 59.2 Å². The molecular weight excluding hydrogens is 328 g/mol. The standard InChI is InChI=1S/C17H18N2O4S/c1-11-4-9-14(24(3,22)23)10-15(11)17(21)19-13-7-5-12(6-8-13)16(20)18-2/h4-10H,1-3H3,(H,18,20)(H,19,21). The maximum Gasteiger partial charge on any atom is 0.255 e. The van der Waals surface area contributed by atoms with E-state index in [9.17, 15) is 18.0 Å². The Morgan fingerprint density at radius 1 is 0.958 bits per heavy atom. The first-order chi connectivity index (χ1) is 11.2. The summed E-state index contributed by atoms with van der Waals surface area (Å²) < 4.78 is 23.3. The fourth-order valence-electron chi connectivity index (χ4n) is 2.12. The van der Waals surface area contributed by atoms with Gasteiger partial charge in [0.2, 0.25) is 0 Å². The van der Waals surface area contributed by atoms with Crippen LogP contribution < -0.4 is 10.6 Å². The van der Waals surface area contributed by atoms with Crippen LogP contribution in [0.2, 0.25) is 0 Å². The van der Waals surface area contributed by atoms with Crippen LogP contribution in [-0.2, 0) is 9.84 Å². The number of aryl methyl sites for hydroxylation is 1. The highest BCUT2D eigenvalue weighted by atomic mass is 32.2. The molecule has 0 aliphatic rings. The first-order valence-electron chi connectivity index (χ1n) is 7.16. The highest BCUT2D eigenvalue weighted by Gasteiger charge is 2.15. The number of anilines is 1. The molecule has 2 N–H and O–H groups in total. The van der Waals surface area contributed by atoms with Gasteiger partial charge < -0.3 is 10.6 Å². The Balaban J connectivity index is 2.25. The lowest BCUT2D eigenvalue weighted by Gasteiger charge is -2.10. The number of benzene rings is 2. The molecule has 0 heterocycles. The highest BCUT2D eigenvalue weighted by molar-refractivity contribution is 7.90. The molecule has 0 fully saturated rings. The van der Waals surface area contributed by atoms with Gasteiger partial charge in [-0.05, 0) is 48.9 Å². The summed E-state index contributed by atoms with van der Waals surface area (Å²) >= 11 is 0. The van der Waals surface area contributed by atoms with Crippen molar-refractivity contribution in [2.75, 3.05) is 18.6 Å². The molecule has 0 bridgehead atoms. The highest BCUT2D eigenvalue weighted by Crippen LogP contribution is 2.18. The van der Waals surface area contributed by atoms with E-state index < -0.39 is 15.7 Å². The maximum atomic E-state index is 12.4. The van der Waals surface area contributed by atoms with Crippen LogP contribution >= 0.6 is 0 Å². The lowest BCUT2D eigenvalue weighted by molar-refractivity contribution is 0.0962. The van der Waals surface area contributed by atoms with Crippen molar-refractivity contribution >= 4 is 27.3 Å². The Morgan fingerprint density at radius 3 is 2.12 bits per heavy atom. The van der Waals surface area contributed by atoms with Crippen LogP contribution in [0.4, 0.5) is 5.69 Å². The number of nitrogens with one attached hydrogen (secondary N) is 2. The third-order valence-corrected chi connectivity index (χ3v) is 4.62. The second-order valence-corrected chi connectivity index (χ2v) is 7.38. The number of amides is 2. The quantitative estimate of drug-likeness (QED) is 0.886. The van der Waals surface area contributed by atoms with Gasteiger partial charge in [0.15, 0.2) is 9.84 Å². The van der Waals surface area contributed by atoms with Gasteiger partial charge in [0, 0.05) is 30.1 Å². The Hall–Kier alpha value is -2.67. The molecule has 126 valence electrons. The monoisotopic (exact) mass is 346 g/mol. The third-order valence-electron chi connectivity index (χ3n) is 3.51. The molecule has 0 saturated heterocycles. The molecule has 24 heavy (non-hydrogen) atoms. The lowest BCUT2D eigenvalue weighted by atomic mass is 10.1. The molecule has 0 aliphatic heterocycles. The molecule has 0 saturated carbocycles. The van der Waals surface area contributed by atoms with E-state index in [2.05, 4.69) is 10.6 Å². The average Bonchev–Trinajstić information content (AvgIpc) is 2.54. The van der Waals surface area contributed by atoms with Crippen LogP contribution in [0.15, 0.2) is 47.4 Å². The van der Waals surface area contributed by atoms with Gasteiger partial charge >= 0.3 is 0 Å². The zero-order chi connectivity index (χ0) is 17.9. The molecule has 0 atom stereocenters. The van der Waals surface area contributed by atoms with Crippen molar-refractivity contribution in [2.24, 2.45) is 0 Å². The zero-order valence-corrected chi connectivity index (χ0v) is 14.4. The van der Waals surface area contributed by atoms with Crippen molar-refractivity contribution in [1.29, 1.82) is 0 Å². The zero-order valence-electron chi connectivity index (χ0n) is 13.6. The molecule has 0 radical (unpaired) electrons. The first-order valence-corrected chi connectivity index (χ1v) is 9.05. The second-order valence-electron chi connectivity index (χ2n) is 5.36. The number of rotatable bonds is 4. The van der Waals surface area contributed by atoms with Crippen LogP contribution in [-0.4, -0.2) is 33.5 Å². The van der Waals surface area contributed by atoms with Crippen molar-refractivity contribution < 1.29 is 18.0 Å². The summed E-state index contributed by atoms with van der Waals surface area (Å²) in [5, 5.41) is 5.21. The van der Waals surface area contributed by atoms with Gasteiger partial charge in [-0.2, -0.15) is 0 Å². The summed E-state index contributed by atoms with van der Waals surface area (Å²) in [6, 6.07) is 10.8. The molecule has 6 nitrogen and oxygen atoms in total. The van der Waals surface area contributed by atoms with Crippen LogP contribution in [0.1, 0.15) is 26.3 Å². The van der Waals surface area contributed by atoms with Crippen LogP contribution in [0.3, 0.4) is 0 Å². The van der Waals surface area contributed by atoms with Gasteiger partial charge in [-0.15, -0.1) is 0 Å². The third kappa shape index (κ3) is 3.99. The van der Waals surface area contributed by atoms with Crippen molar-refractivity contribution in [3.8, 4) is 0 Å². The van der Waals surface area contributed by atoms with Gasteiger partial charge in [-0.1, -0.05) is 6.07 Å². The molecule has 2 aromatic carbocycles. The summed E-state index contributed by atoms with van der Waals surface area (Å²) in [6.07, 6.45) is 1.09. The first kappa shape index (κ1) is 17.7. The molecule has 7 heteroatoms. The van der Waals surface area contributed by atoms with Crippen molar-refractivity contribution in [1.82, 2.24) is 5.32 Å². The molecular formula is C17H18N2O4S. The van der Waals surface area contributed by atoms with Crippen LogP contribution in [0.25, 0.3) is 0 Å². The number of hydrogen-bond donors (Lipinski definition) is 2. The van der Waals surface area contributed by atoms with Gasteiger partial charge in [0.1, 0.15) is 0 Å². The summed E-state index contributed by atoms with van der Waals surface area (Å²) in [5.41, 5.74) is 1.94. The summed E-state index contributed by atoms with van der Waals surface area (Å²) in [4.78, 5) is 24.0. The summed E-state index contributed by atoms with van der Waals surface area (Å²) in [5.74, 6) is -0.629. The number of hydrogen-bond acceptors (Lipinski definition) is 4. The van der Waals surface area contributed by atoms with Gasteiger partial charge in [-0.3, -0.25) is 9.59 Å². The minimum atomic E-state index is -3.39. The maximum absolute atomic E-state index is 12.4. The molecule has 0 aromatic heterocycles. The normalized spacial score (nSPS) is 11.0. The largest absolute Gasteiger partial charge is 0.355 e. The van der Waals surface area contributed by atoms with E-state index >= 15 is 0 Å². The van der Waals surface area contributed by atoms with E-state index in [1.165, 1.54) is 19.2 Å². The van der Waals surface area contributed by atoms with E-state index in [0.29, 0.717) is 16.8 Å². The molecule has 2 aromatic rings. The summed E-state index contributed by atoms with van der Waals surface area (Å²) in [7, 11) is -1.85. The van der Waals surface area contributed by atoms with E-state index in [4.69, 9.17) is 0 Å². The fraction of sp³-hybridized carbons (Fsp3) is 0.176. The molecule has 2 amide bonds. The molecule has 2 rings (SSSR count). The van der Waals surface area contributed by atoms with E-state index in [-0.39, 0.29) is 16.4 Å². The molecule has 0 aliphatic carbocycles. The van der Waals surface area contributed by atoms with Gasteiger partial charge in [0.25, 0.3) is 11.8 Å². The summed E-state index contributed by atoms with van der Waals surface area (Å²) in [6.45, 7) is 1.73. The predicted octanol–water partition coefficient (Wildman–Crippen LogP) is 2.01. The van der Waals surface area contributed by atoms with Crippen LogP contribution in [0, 0.1) is 6.92 Å². The molecule has 0 spiro atoms. The Labute approximate surface area is 140 Å². The fourth-order valence-corrected chi connectivity index (χ4v) is 2.77. The lowest BCUT2D eigenvalue weighted by Crippen LogP contribution is -2.18. The van der Waals surface area contributed by atoms with Gasteiger partial charge in [0.05, 0.1) is 4.90 Å². The number of sulfone groups is 1. The number of carbonyl (C=O) groups excluding carboxylic acids is 2. The Morgan fingerprint density at radius 2 is 1.58 bits per heavy atom. The molecule has 0 unspecified atom stereocenters. The smallest absolute Gasteiger partial charge is 0.255 e. The second kappa shape index (κ2) is 6.84. The minimum Gasteiger partial charge on any atom is -0.355 e. The Bertz CT molecular complexity index is 887. The average molecular weight is 346 g/mol. The minimum absolute atomic E-state index is 0.0909. The van der Waals surface area contributed by atoms with Crippen molar-refractivity contribution in [3.63, 3.8) is 0 Å². The van der Waals surface area contributed by atoms with E-state index in [1.54, 1.807) is 37.3 Å². The number of carbonyl (C=O) groups is 2. The van der Waals surface area contributed by atoms with Gasteiger partial charge in [-0.25, -0.2) is 8.42 Å². The predicted molar refractivity (Wildman–Crippen MR) is 92.1 cm³/mol. The van der Waals surface area contributed by atoms with E-state index in [1.807, 2.05) is 0 Å². The Kier molecular flexibility index (Phi) is 5.04.